The third-order valence-electron chi connectivity index (χ3n) is 3.15. The monoisotopic (exact) mass is 242 g/mol. The zero-order valence-corrected chi connectivity index (χ0v) is 12.1. The van der Waals surface area contributed by atoms with E-state index in [4.69, 9.17) is 0 Å². The van der Waals surface area contributed by atoms with Crippen molar-refractivity contribution < 1.29 is 0 Å². The van der Waals surface area contributed by atoms with Crippen LogP contribution in [0.5, 0.6) is 0 Å². The fourth-order valence-electron chi connectivity index (χ4n) is 2.11. The Balaban J connectivity index is 2.41. The van der Waals surface area contributed by atoms with Crippen molar-refractivity contribution >= 4 is 16.9 Å². The van der Waals surface area contributed by atoms with Crippen molar-refractivity contribution in [2.24, 2.45) is 10.9 Å². The molecule has 0 spiro atoms. The molecule has 0 saturated carbocycles. The Morgan fingerprint density at radius 3 is 2.69 bits per heavy atom. The lowest BCUT2D eigenvalue weighted by Crippen LogP contribution is -2.35. The number of amidine groups is 1. The van der Waals surface area contributed by atoms with Crippen molar-refractivity contribution in [3.05, 3.63) is 0 Å². The lowest BCUT2D eigenvalue weighted by atomic mass is 10.0. The highest BCUT2D eigenvalue weighted by atomic mass is 32.2. The molecule has 0 fully saturated rings. The Morgan fingerprint density at radius 2 is 2.12 bits per heavy atom. The molecule has 4 atom stereocenters. The van der Waals surface area contributed by atoms with E-state index in [9.17, 15) is 0 Å². The van der Waals surface area contributed by atoms with Crippen LogP contribution in [-0.4, -0.2) is 22.5 Å². The highest BCUT2D eigenvalue weighted by Gasteiger charge is 2.19. The highest BCUT2D eigenvalue weighted by molar-refractivity contribution is 8.14. The summed E-state index contributed by atoms with van der Waals surface area (Å²) < 4.78 is 0. The zero-order valence-electron chi connectivity index (χ0n) is 11.3. The molecule has 0 saturated heterocycles. The van der Waals surface area contributed by atoms with Crippen molar-refractivity contribution in [1.82, 2.24) is 5.32 Å². The van der Waals surface area contributed by atoms with Crippen LogP contribution < -0.4 is 5.32 Å². The van der Waals surface area contributed by atoms with Gasteiger partial charge in [0, 0.05) is 11.3 Å². The van der Waals surface area contributed by atoms with E-state index in [-0.39, 0.29) is 0 Å². The second-order valence-electron chi connectivity index (χ2n) is 5.24. The number of rotatable bonds is 4. The molecule has 1 N–H and O–H groups in total. The first-order valence-electron chi connectivity index (χ1n) is 6.52. The van der Waals surface area contributed by atoms with Gasteiger partial charge in [0.15, 0.2) is 5.17 Å². The normalized spacial score (nSPS) is 29.4. The van der Waals surface area contributed by atoms with Gasteiger partial charge in [-0.3, -0.25) is 4.99 Å². The summed E-state index contributed by atoms with van der Waals surface area (Å²) in [6.07, 6.45) is 3.70. The summed E-state index contributed by atoms with van der Waals surface area (Å²) in [6.45, 7) is 11.3. The van der Waals surface area contributed by atoms with Crippen LogP contribution in [0.25, 0.3) is 0 Å². The summed E-state index contributed by atoms with van der Waals surface area (Å²) in [4.78, 5) is 4.67. The van der Waals surface area contributed by atoms with Crippen LogP contribution in [0.4, 0.5) is 0 Å². The van der Waals surface area contributed by atoms with Gasteiger partial charge in [-0.2, -0.15) is 0 Å². The predicted octanol–water partition coefficient (Wildman–Crippen LogP) is 3.67. The van der Waals surface area contributed by atoms with Gasteiger partial charge < -0.3 is 5.32 Å². The molecule has 0 aliphatic carbocycles. The number of aliphatic imine (C=N–C) groups is 1. The lowest BCUT2D eigenvalue weighted by Gasteiger charge is -2.26. The van der Waals surface area contributed by atoms with Gasteiger partial charge in [-0.15, -0.1) is 0 Å². The molecule has 4 unspecified atom stereocenters. The predicted molar refractivity (Wildman–Crippen MR) is 75.2 cm³/mol. The van der Waals surface area contributed by atoms with Crippen LogP contribution in [0.1, 0.15) is 53.9 Å². The van der Waals surface area contributed by atoms with Crippen molar-refractivity contribution in [2.45, 2.75) is 71.2 Å². The van der Waals surface area contributed by atoms with Gasteiger partial charge in [0.1, 0.15) is 0 Å². The lowest BCUT2D eigenvalue weighted by molar-refractivity contribution is 0.448. The molecule has 0 aromatic carbocycles. The summed E-state index contributed by atoms with van der Waals surface area (Å²) in [6, 6.07) is 1.02. The number of nitrogens with one attached hydrogen (secondary N) is 1. The molecule has 1 rings (SSSR count). The second-order valence-corrected chi connectivity index (χ2v) is 6.67. The molecule has 1 aliphatic rings. The topological polar surface area (TPSA) is 24.4 Å². The first kappa shape index (κ1) is 13.9. The SMILES string of the molecule is CCC(C)CC(C)NC1=NC(C)CC(C)S1. The molecular weight excluding hydrogens is 216 g/mol. The molecule has 1 heterocycles. The zero-order chi connectivity index (χ0) is 12.1. The number of thioether (sulfide) groups is 1. The van der Waals surface area contributed by atoms with Gasteiger partial charge in [0.05, 0.1) is 6.04 Å². The molecule has 94 valence electrons. The molecule has 0 radical (unpaired) electrons. The van der Waals surface area contributed by atoms with Crippen molar-refractivity contribution in [3.63, 3.8) is 0 Å². The molecule has 3 heteroatoms. The van der Waals surface area contributed by atoms with E-state index in [1.54, 1.807) is 0 Å². The molecule has 0 amide bonds. The summed E-state index contributed by atoms with van der Waals surface area (Å²) in [7, 11) is 0. The Kier molecular flexibility index (Phi) is 5.67. The quantitative estimate of drug-likeness (QED) is 0.813. The highest BCUT2D eigenvalue weighted by Crippen LogP contribution is 2.24. The Labute approximate surface area is 105 Å². The fraction of sp³-hybridized carbons (Fsp3) is 0.923. The van der Waals surface area contributed by atoms with E-state index in [0.717, 1.165) is 11.1 Å². The van der Waals surface area contributed by atoms with Gasteiger partial charge in [-0.05, 0) is 32.6 Å². The fourth-order valence-corrected chi connectivity index (χ4v) is 3.38. The molecule has 2 nitrogen and oxygen atoms in total. The average Bonchev–Trinajstić information content (AvgIpc) is 2.15. The number of hydrogen-bond acceptors (Lipinski definition) is 3. The molecule has 0 aromatic rings. The second kappa shape index (κ2) is 6.53. The molecule has 0 aromatic heterocycles. The van der Waals surface area contributed by atoms with Crippen LogP contribution >= 0.6 is 11.8 Å². The van der Waals surface area contributed by atoms with Crippen LogP contribution in [0.3, 0.4) is 0 Å². The van der Waals surface area contributed by atoms with Crippen LogP contribution in [0.15, 0.2) is 4.99 Å². The maximum atomic E-state index is 4.67. The van der Waals surface area contributed by atoms with E-state index in [1.165, 1.54) is 19.3 Å². The van der Waals surface area contributed by atoms with Gasteiger partial charge >= 0.3 is 0 Å². The van der Waals surface area contributed by atoms with Crippen LogP contribution in [0.2, 0.25) is 0 Å². The average molecular weight is 242 g/mol. The van der Waals surface area contributed by atoms with Gasteiger partial charge in [0.25, 0.3) is 0 Å². The van der Waals surface area contributed by atoms with E-state index < -0.39 is 0 Å². The van der Waals surface area contributed by atoms with Crippen LogP contribution in [0, 0.1) is 5.92 Å². The smallest absolute Gasteiger partial charge is 0.157 e. The standard InChI is InChI=1S/C13H26N2S/c1-6-9(2)7-10(3)14-13-15-11(4)8-12(5)16-13/h9-12H,6-8H2,1-5H3,(H,14,15). The minimum absolute atomic E-state index is 0.481. The molecule has 0 bridgehead atoms. The Morgan fingerprint density at radius 1 is 1.44 bits per heavy atom. The summed E-state index contributed by atoms with van der Waals surface area (Å²) in [5.41, 5.74) is 0. The number of hydrogen-bond donors (Lipinski definition) is 1. The van der Waals surface area contributed by atoms with E-state index in [0.29, 0.717) is 17.3 Å². The minimum atomic E-state index is 0.481. The van der Waals surface area contributed by atoms with Gasteiger partial charge in [-0.25, -0.2) is 0 Å². The third-order valence-corrected chi connectivity index (χ3v) is 4.19. The van der Waals surface area contributed by atoms with E-state index >= 15 is 0 Å². The molecule has 1 aliphatic heterocycles. The van der Waals surface area contributed by atoms with Crippen molar-refractivity contribution in [1.29, 1.82) is 0 Å². The largest absolute Gasteiger partial charge is 0.362 e. The van der Waals surface area contributed by atoms with Crippen molar-refractivity contribution in [3.8, 4) is 0 Å². The Hall–Kier alpha value is -0.180. The molecular formula is C13H26N2S. The summed E-state index contributed by atoms with van der Waals surface area (Å²) >= 11 is 1.89. The first-order chi connectivity index (χ1) is 7.51. The summed E-state index contributed by atoms with van der Waals surface area (Å²) in [5, 5.41) is 5.41. The summed E-state index contributed by atoms with van der Waals surface area (Å²) in [5.74, 6) is 0.798. The maximum Gasteiger partial charge on any atom is 0.157 e. The van der Waals surface area contributed by atoms with E-state index in [2.05, 4.69) is 44.9 Å². The minimum Gasteiger partial charge on any atom is -0.362 e. The maximum absolute atomic E-state index is 4.67. The third kappa shape index (κ3) is 4.77. The van der Waals surface area contributed by atoms with Crippen molar-refractivity contribution in [2.75, 3.05) is 0 Å². The van der Waals surface area contributed by atoms with Crippen LogP contribution in [-0.2, 0) is 0 Å². The van der Waals surface area contributed by atoms with E-state index in [1.807, 2.05) is 11.8 Å². The first-order valence-corrected chi connectivity index (χ1v) is 7.40. The van der Waals surface area contributed by atoms with Gasteiger partial charge in [0.2, 0.25) is 0 Å². The molecule has 16 heavy (non-hydrogen) atoms. The Bertz CT molecular complexity index is 240. The van der Waals surface area contributed by atoms with Gasteiger partial charge in [-0.1, -0.05) is 39.0 Å². The number of nitrogens with zero attached hydrogens (tertiary/aromatic N) is 1.